The number of halogens is 1. The van der Waals surface area contributed by atoms with Gasteiger partial charge in [-0.2, -0.15) is 5.26 Å². The molecule has 96 valence electrons. The summed E-state index contributed by atoms with van der Waals surface area (Å²) in [6.07, 6.45) is 0.543. The molecule has 0 aliphatic rings. The Labute approximate surface area is 115 Å². The summed E-state index contributed by atoms with van der Waals surface area (Å²) >= 11 is 3.33. The van der Waals surface area contributed by atoms with E-state index < -0.39 is 12.0 Å². The normalized spacial score (nSPS) is 11.9. The van der Waals surface area contributed by atoms with Crippen LogP contribution in [0, 0.1) is 17.2 Å². The molecule has 1 aromatic rings. The highest BCUT2D eigenvalue weighted by Gasteiger charge is 2.19. The maximum atomic E-state index is 11.1. The quantitative estimate of drug-likeness (QED) is 0.875. The molecule has 18 heavy (non-hydrogen) atoms. The highest BCUT2D eigenvalue weighted by atomic mass is 79.9. The summed E-state index contributed by atoms with van der Waals surface area (Å²) in [4.78, 5) is 11.1. The van der Waals surface area contributed by atoms with Crippen molar-refractivity contribution in [1.29, 1.82) is 5.26 Å². The van der Waals surface area contributed by atoms with Crippen LogP contribution in [0.1, 0.15) is 25.8 Å². The average Bonchev–Trinajstić information content (AvgIpc) is 2.29. The second-order valence-electron chi connectivity index (χ2n) is 4.47. The molecule has 0 aliphatic heterocycles. The lowest BCUT2D eigenvalue weighted by atomic mass is 10.0. The van der Waals surface area contributed by atoms with E-state index in [9.17, 15) is 4.79 Å². The largest absolute Gasteiger partial charge is 0.480 e. The van der Waals surface area contributed by atoms with Crippen molar-refractivity contribution in [3.63, 3.8) is 0 Å². The number of hydrogen-bond donors (Lipinski definition) is 2. The molecule has 0 fully saturated rings. The van der Waals surface area contributed by atoms with Crippen molar-refractivity contribution >= 4 is 27.6 Å². The van der Waals surface area contributed by atoms with Crippen LogP contribution in [0.25, 0.3) is 0 Å². The van der Waals surface area contributed by atoms with Crippen molar-refractivity contribution < 1.29 is 9.90 Å². The average molecular weight is 311 g/mol. The van der Waals surface area contributed by atoms with Gasteiger partial charge in [0.15, 0.2) is 0 Å². The predicted molar refractivity (Wildman–Crippen MR) is 73.4 cm³/mol. The summed E-state index contributed by atoms with van der Waals surface area (Å²) in [7, 11) is 0. The molecular formula is C13H15BrN2O2. The van der Waals surface area contributed by atoms with Gasteiger partial charge in [-0.3, -0.25) is 0 Å². The number of hydrogen-bond acceptors (Lipinski definition) is 3. The third-order valence-corrected chi connectivity index (χ3v) is 3.09. The zero-order valence-corrected chi connectivity index (χ0v) is 11.9. The summed E-state index contributed by atoms with van der Waals surface area (Å²) < 4.78 is 0.691. The van der Waals surface area contributed by atoms with Crippen molar-refractivity contribution in [3.05, 3.63) is 28.2 Å². The summed E-state index contributed by atoms with van der Waals surface area (Å²) in [5.74, 6) is -0.587. The fourth-order valence-corrected chi connectivity index (χ4v) is 2.08. The number of carboxylic acid groups (broad SMARTS) is 1. The van der Waals surface area contributed by atoms with E-state index in [4.69, 9.17) is 10.4 Å². The van der Waals surface area contributed by atoms with Crippen LogP contribution in [-0.2, 0) is 4.79 Å². The van der Waals surface area contributed by atoms with Gasteiger partial charge in [-0.1, -0.05) is 13.8 Å². The maximum absolute atomic E-state index is 11.1. The fourth-order valence-electron chi connectivity index (χ4n) is 1.58. The second kappa shape index (κ2) is 6.41. The highest BCUT2D eigenvalue weighted by molar-refractivity contribution is 9.10. The first-order valence-electron chi connectivity index (χ1n) is 5.63. The van der Waals surface area contributed by atoms with E-state index in [1.54, 1.807) is 18.2 Å². The molecule has 0 amide bonds. The Morgan fingerprint density at radius 1 is 1.56 bits per heavy atom. The molecule has 0 radical (unpaired) electrons. The van der Waals surface area contributed by atoms with E-state index in [2.05, 4.69) is 21.2 Å². The molecule has 0 saturated heterocycles. The van der Waals surface area contributed by atoms with E-state index in [0.717, 1.165) is 0 Å². The number of carboxylic acids is 1. The Bertz CT molecular complexity index is 480. The number of anilines is 1. The summed E-state index contributed by atoms with van der Waals surface area (Å²) in [6, 6.07) is 6.42. The summed E-state index contributed by atoms with van der Waals surface area (Å²) in [5.41, 5.74) is 1.21. The van der Waals surface area contributed by atoms with Gasteiger partial charge in [0.05, 0.1) is 11.6 Å². The van der Waals surface area contributed by atoms with E-state index in [0.29, 0.717) is 22.1 Å². The summed E-state index contributed by atoms with van der Waals surface area (Å²) in [6.45, 7) is 3.96. The monoisotopic (exact) mass is 310 g/mol. The minimum atomic E-state index is -0.875. The smallest absolute Gasteiger partial charge is 0.326 e. The van der Waals surface area contributed by atoms with Gasteiger partial charge in [-0.05, 0) is 46.5 Å². The van der Waals surface area contributed by atoms with Gasteiger partial charge in [0.25, 0.3) is 0 Å². The maximum Gasteiger partial charge on any atom is 0.326 e. The number of nitrogens with zero attached hydrogens (tertiary/aromatic N) is 1. The van der Waals surface area contributed by atoms with Gasteiger partial charge in [0.2, 0.25) is 0 Å². The van der Waals surface area contributed by atoms with Gasteiger partial charge in [0.1, 0.15) is 6.04 Å². The minimum Gasteiger partial charge on any atom is -0.480 e. The molecule has 4 nitrogen and oxygen atoms in total. The van der Waals surface area contributed by atoms with Crippen LogP contribution in [0.4, 0.5) is 5.69 Å². The number of aliphatic carboxylic acids is 1. The van der Waals surface area contributed by atoms with E-state index in [1.807, 2.05) is 19.9 Å². The second-order valence-corrected chi connectivity index (χ2v) is 5.33. The number of nitrogens with one attached hydrogen (secondary N) is 1. The standard InChI is InChI=1S/C13H15BrN2O2/c1-8(2)5-12(13(17)18)16-11-4-3-9(7-15)6-10(11)14/h3-4,6,8,12,16H,5H2,1-2H3,(H,17,18). The fraction of sp³-hybridized carbons (Fsp3) is 0.385. The number of benzene rings is 1. The van der Waals surface area contributed by atoms with Gasteiger partial charge in [-0.25, -0.2) is 4.79 Å². The summed E-state index contributed by atoms with van der Waals surface area (Å²) in [5, 5.41) is 20.9. The molecule has 1 unspecified atom stereocenters. The van der Waals surface area contributed by atoms with Crippen LogP contribution < -0.4 is 5.32 Å². The lowest BCUT2D eigenvalue weighted by Crippen LogP contribution is -2.30. The molecule has 2 N–H and O–H groups in total. The zero-order valence-electron chi connectivity index (χ0n) is 10.3. The van der Waals surface area contributed by atoms with Crippen LogP contribution in [0.3, 0.4) is 0 Å². The van der Waals surface area contributed by atoms with Gasteiger partial charge in [0, 0.05) is 10.2 Å². The Kier molecular flexibility index (Phi) is 5.17. The topological polar surface area (TPSA) is 73.1 Å². The molecule has 1 rings (SSSR count). The van der Waals surface area contributed by atoms with E-state index >= 15 is 0 Å². The molecular weight excluding hydrogens is 296 g/mol. The van der Waals surface area contributed by atoms with Crippen molar-refractivity contribution in [2.75, 3.05) is 5.32 Å². The molecule has 0 spiro atoms. The van der Waals surface area contributed by atoms with E-state index in [-0.39, 0.29) is 5.92 Å². The lowest BCUT2D eigenvalue weighted by molar-refractivity contribution is -0.138. The van der Waals surface area contributed by atoms with Gasteiger partial charge < -0.3 is 10.4 Å². The third-order valence-electron chi connectivity index (χ3n) is 2.43. The van der Waals surface area contributed by atoms with Crippen LogP contribution in [0.15, 0.2) is 22.7 Å². The molecule has 0 heterocycles. The Balaban J connectivity index is 2.88. The van der Waals surface area contributed by atoms with Crippen LogP contribution in [-0.4, -0.2) is 17.1 Å². The lowest BCUT2D eigenvalue weighted by Gasteiger charge is -2.18. The molecule has 1 atom stereocenters. The SMILES string of the molecule is CC(C)CC(Nc1ccc(C#N)cc1Br)C(=O)O. The highest BCUT2D eigenvalue weighted by Crippen LogP contribution is 2.25. The first-order chi connectivity index (χ1) is 8.43. The zero-order chi connectivity index (χ0) is 13.7. The first kappa shape index (κ1) is 14.5. The van der Waals surface area contributed by atoms with Crippen molar-refractivity contribution in [2.45, 2.75) is 26.3 Å². The Morgan fingerprint density at radius 2 is 2.22 bits per heavy atom. The van der Waals surface area contributed by atoms with Crippen LogP contribution in [0.2, 0.25) is 0 Å². The van der Waals surface area contributed by atoms with Crippen molar-refractivity contribution in [2.24, 2.45) is 5.92 Å². The molecule has 0 aromatic heterocycles. The van der Waals surface area contributed by atoms with Crippen molar-refractivity contribution in [3.8, 4) is 6.07 Å². The molecule has 0 saturated carbocycles. The van der Waals surface area contributed by atoms with Gasteiger partial charge >= 0.3 is 5.97 Å². The first-order valence-corrected chi connectivity index (χ1v) is 6.42. The van der Waals surface area contributed by atoms with Crippen LogP contribution in [0.5, 0.6) is 0 Å². The molecule has 0 aliphatic carbocycles. The van der Waals surface area contributed by atoms with Crippen LogP contribution >= 0.6 is 15.9 Å². The predicted octanol–water partition coefficient (Wildman–Crippen LogP) is 3.23. The van der Waals surface area contributed by atoms with E-state index in [1.165, 1.54) is 0 Å². The van der Waals surface area contributed by atoms with Gasteiger partial charge in [-0.15, -0.1) is 0 Å². The molecule has 5 heteroatoms. The third kappa shape index (κ3) is 4.04. The number of carbonyl (C=O) groups is 1. The number of rotatable bonds is 5. The Hall–Kier alpha value is -1.54. The van der Waals surface area contributed by atoms with Crippen molar-refractivity contribution in [1.82, 2.24) is 0 Å². The minimum absolute atomic E-state index is 0.288. The Morgan fingerprint density at radius 3 is 2.67 bits per heavy atom. The molecule has 1 aromatic carbocycles. The number of nitriles is 1. The molecule has 0 bridgehead atoms.